The summed E-state index contributed by atoms with van der Waals surface area (Å²) in [6, 6.07) is 11.7. The highest BCUT2D eigenvalue weighted by Crippen LogP contribution is 2.58. The van der Waals surface area contributed by atoms with E-state index < -0.39 is 30.2 Å². The average Bonchev–Trinajstić information content (AvgIpc) is 3.80. The van der Waals surface area contributed by atoms with Crippen LogP contribution in [0, 0.1) is 6.92 Å². The van der Waals surface area contributed by atoms with Gasteiger partial charge in [0.25, 0.3) is 5.91 Å². The summed E-state index contributed by atoms with van der Waals surface area (Å²) in [6.45, 7) is 2.60. The van der Waals surface area contributed by atoms with Crippen molar-refractivity contribution < 1.29 is 37.7 Å². The number of nitrogens with one attached hydrogen (secondary N) is 1. The van der Waals surface area contributed by atoms with E-state index in [9.17, 15) is 23.1 Å². The van der Waals surface area contributed by atoms with Gasteiger partial charge in [0.1, 0.15) is 18.1 Å². The zero-order chi connectivity index (χ0) is 29.2. The molecule has 1 atom stereocenters. The molecule has 5 rings (SSSR count). The van der Waals surface area contributed by atoms with Crippen LogP contribution in [0.1, 0.15) is 58.9 Å². The number of aromatic nitrogens is 2. The van der Waals surface area contributed by atoms with Gasteiger partial charge in [0.15, 0.2) is 0 Å². The number of amides is 1. The molecule has 1 aliphatic carbocycles. The Balaban J connectivity index is 1.42. The second-order valence-electron chi connectivity index (χ2n) is 10.6. The van der Waals surface area contributed by atoms with E-state index in [0.717, 1.165) is 35.2 Å². The van der Waals surface area contributed by atoms with E-state index in [-0.39, 0.29) is 36.6 Å². The Kier molecular flexibility index (Phi) is 8.30. The number of hydrogen-bond acceptors (Lipinski definition) is 7. The molecule has 2 fully saturated rings. The van der Waals surface area contributed by atoms with Crippen molar-refractivity contribution in [2.45, 2.75) is 56.2 Å². The van der Waals surface area contributed by atoms with Crippen molar-refractivity contribution in [2.24, 2.45) is 0 Å². The van der Waals surface area contributed by atoms with Crippen LogP contribution >= 0.6 is 0 Å². The zero-order valence-electron chi connectivity index (χ0n) is 22.6. The number of ether oxygens (including phenoxy) is 2. The molecule has 3 aromatic rings. The Morgan fingerprint density at radius 3 is 2.61 bits per heavy atom. The third-order valence-electron chi connectivity index (χ3n) is 7.71. The molecule has 1 aliphatic heterocycles. The highest BCUT2D eigenvalue weighted by Gasteiger charge is 2.65. The fourth-order valence-corrected chi connectivity index (χ4v) is 5.05. The molecule has 2 aliphatic rings. The van der Waals surface area contributed by atoms with E-state index in [1.807, 2.05) is 19.1 Å². The second-order valence-corrected chi connectivity index (χ2v) is 10.6. The third kappa shape index (κ3) is 6.37. The van der Waals surface area contributed by atoms with Crippen LogP contribution < -0.4 is 10.1 Å². The number of benzene rings is 1. The number of hydrogen-bond donors (Lipinski definition) is 3. The summed E-state index contributed by atoms with van der Waals surface area (Å²) in [5.74, 6) is -0.0845. The summed E-state index contributed by atoms with van der Waals surface area (Å²) in [5.41, 5.74) is 1.77. The topological polar surface area (TPSA) is 114 Å². The standard InChI is InChI=1S/C30H32F3N3O5/c1-18-2-3-22(35-28(39)20-4-9-34-26(13-20)29(7-8-29)30(31,32)33)15-24(18)21-12-25(19-5-10-40-11-6-19)36-27(14-21)41-17-23(38)16-37/h2-4,9,12-15,19,23,37-38H,5-8,10-11,16-17H2,1H3,(H,35,39). The van der Waals surface area contributed by atoms with Crippen molar-refractivity contribution in [1.29, 1.82) is 0 Å². The van der Waals surface area contributed by atoms with Gasteiger partial charge in [0.05, 0.1) is 12.3 Å². The van der Waals surface area contributed by atoms with Gasteiger partial charge in [-0.15, -0.1) is 0 Å². The molecule has 1 saturated carbocycles. The van der Waals surface area contributed by atoms with Crippen LogP contribution in [-0.2, 0) is 10.2 Å². The number of alkyl halides is 3. The lowest BCUT2D eigenvalue weighted by Gasteiger charge is -2.23. The van der Waals surface area contributed by atoms with Crippen LogP contribution in [0.15, 0.2) is 48.7 Å². The molecule has 0 radical (unpaired) electrons. The first kappa shape index (κ1) is 29.0. The number of nitrogens with zero attached hydrogens (tertiary/aromatic N) is 2. The van der Waals surface area contributed by atoms with E-state index in [2.05, 4.69) is 15.3 Å². The largest absolute Gasteiger partial charge is 0.475 e. The van der Waals surface area contributed by atoms with Crippen LogP contribution in [0.4, 0.5) is 18.9 Å². The number of aliphatic hydroxyl groups excluding tert-OH is 2. The van der Waals surface area contributed by atoms with Gasteiger partial charge >= 0.3 is 6.18 Å². The maximum absolute atomic E-state index is 13.6. The number of aliphatic hydroxyl groups is 2. The Labute approximate surface area is 235 Å². The van der Waals surface area contributed by atoms with E-state index in [1.165, 1.54) is 18.3 Å². The smallest absolute Gasteiger partial charge is 0.399 e. The average molecular weight is 572 g/mol. The van der Waals surface area contributed by atoms with Crippen molar-refractivity contribution >= 4 is 11.6 Å². The minimum atomic E-state index is -4.42. The van der Waals surface area contributed by atoms with Crippen molar-refractivity contribution in [3.05, 3.63) is 71.2 Å². The summed E-state index contributed by atoms with van der Waals surface area (Å²) >= 11 is 0. The van der Waals surface area contributed by atoms with Crippen LogP contribution in [0.5, 0.6) is 5.88 Å². The summed E-state index contributed by atoms with van der Waals surface area (Å²) in [4.78, 5) is 21.7. The van der Waals surface area contributed by atoms with Crippen LogP contribution in [-0.4, -0.2) is 64.8 Å². The summed E-state index contributed by atoms with van der Waals surface area (Å²) in [7, 11) is 0. The minimum Gasteiger partial charge on any atom is -0.475 e. The molecule has 8 nitrogen and oxygen atoms in total. The fraction of sp³-hybridized carbons (Fsp3) is 0.433. The lowest BCUT2D eigenvalue weighted by atomic mass is 9.92. The first-order valence-corrected chi connectivity index (χ1v) is 13.6. The number of carbonyl (C=O) groups is 1. The first-order chi connectivity index (χ1) is 19.6. The minimum absolute atomic E-state index is 0.0393. The van der Waals surface area contributed by atoms with Gasteiger partial charge in [-0.2, -0.15) is 13.2 Å². The van der Waals surface area contributed by atoms with Crippen molar-refractivity contribution in [3.63, 3.8) is 0 Å². The number of anilines is 1. The number of halogens is 3. The van der Waals surface area contributed by atoms with Crippen LogP contribution in [0.3, 0.4) is 0 Å². The van der Waals surface area contributed by atoms with E-state index in [0.29, 0.717) is 24.8 Å². The fourth-order valence-electron chi connectivity index (χ4n) is 5.05. The molecule has 3 N–H and O–H groups in total. The maximum Gasteiger partial charge on any atom is 0.399 e. The first-order valence-electron chi connectivity index (χ1n) is 13.6. The SMILES string of the molecule is Cc1ccc(NC(=O)c2ccnc(C3(C(F)(F)F)CC3)c2)cc1-c1cc(OCC(O)CO)nc(C2CCOCC2)c1. The van der Waals surface area contributed by atoms with Crippen molar-refractivity contribution in [1.82, 2.24) is 9.97 Å². The Bertz CT molecular complexity index is 1400. The normalized spacial score (nSPS) is 17.6. The number of pyridine rings is 2. The number of carbonyl (C=O) groups excluding carboxylic acids is 1. The van der Waals surface area contributed by atoms with Gasteiger partial charge in [-0.3, -0.25) is 9.78 Å². The van der Waals surface area contributed by atoms with Crippen LogP contribution in [0.2, 0.25) is 0 Å². The molecule has 1 unspecified atom stereocenters. The molecular formula is C30H32F3N3O5. The van der Waals surface area contributed by atoms with E-state index >= 15 is 0 Å². The van der Waals surface area contributed by atoms with Gasteiger partial charge in [0.2, 0.25) is 5.88 Å². The Morgan fingerprint density at radius 2 is 1.93 bits per heavy atom. The predicted octanol–water partition coefficient (Wildman–Crippen LogP) is 4.92. The summed E-state index contributed by atoms with van der Waals surface area (Å²) < 4.78 is 52.0. The highest BCUT2D eigenvalue weighted by molar-refractivity contribution is 6.04. The molecule has 218 valence electrons. The molecule has 1 saturated heterocycles. The maximum atomic E-state index is 13.6. The van der Waals surface area contributed by atoms with Crippen LogP contribution in [0.25, 0.3) is 11.1 Å². The van der Waals surface area contributed by atoms with E-state index in [1.54, 1.807) is 18.2 Å². The van der Waals surface area contributed by atoms with Crippen molar-refractivity contribution in [3.8, 4) is 17.0 Å². The Hall–Kier alpha value is -3.54. The molecule has 3 heterocycles. The molecule has 1 amide bonds. The van der Waals surface area contributed by atoms with Gasteiger partial charge in [-0.25, -0.2) is 4.98 Å². The number of rotatable bonds is 9. The summed E-state index contributed by atoms with van der Waals surface area (Å²) in [5, 5.41) is 21.7. The molecule has 41 heavy (non-hydrogen) atoms. The lowest BCUT2D eigenvalue weighted by molar-refractivity contribution is -0.161. The molecule has 11 heteroatoms. The zero-order valence-corrected chi connectivity index (χ0v) is 22.6. The molecular weight excluding hydrogens is 539 g/mol. The second kappa shape index (κ2) is 11.8. The van der Waals surface area contributed by atoms with E-state index in [4.69, 9.17) is 14.6 Å². The highest BCUT2D eigenvalue weighted by atomic mass is 19.4. The lowest BCUT2D eigenvalue weighted by Crippen LogP contribution is -2.30. The Morgan fingerprint density at radius 1 is 1.17 bits per heavy atom. The molecule has 0 spiro atoms. The quantitative estimate of drug-likeness (QED) is 0.334. The van der Waals surface area contributed by atoms with Gasteiger partial charge in [0, 0.05) is 48.3 Å². The molecule has 0 bridgehead atoms. The predicted molar refractivity (Wildman–Crippen MR) is 145 cm³/mol. The molecule has 1 aromatic carbocycles. The number of aryl methyl sites for hydroxylation is 1. The monoisotopic (exact) mass is 571 g/mol. The van der Waals surface area contributed by atoms with Gasteiger partial charge < -0.3 is 25.0 Å². The van der Waals surface area contributed by atoms with Gasteiger partial charge in [-0.05, 0) is 79.6 Å². The molecule has 2 aromatic heterocycles. The summed E-state index contributed by atoms with van der Waals surface area (Å²) in [6.07, 6.45) is -2.72. The van der Waals surface area contributed by atoms with Gasteiger partial charge in [-0.1, -0.05) is 6.07 Å². The van der Waals surface area contributed by atoms with Crippen molar-refractivity contribution in [2.75, 3.05) is 31.7 Å². The third-order valence-corrected chi connectivity index (χ3v) is 7.71.